The molecule has 0 saturated carbocycles. The minimum Gasteiger partial charge on any atom is -0.490 e. The van der Waals surface area contributed by atoms with E-state index in [4.69, 9.17) is 9.47 Å². The quantitative estimate of drug-likeness (QED) is 0.768. The Hall–Kier alpha value is -1.52. The molecule has 0 aromatic heterocycles. The maximum Gasteiger partial charge on any atom is 0.123 e. The third-order valence-corrected chi connectivity index (χ3v) is 3.57. The summed E-state index contributed by atoms with van der Waals surface area (Å²) in [5.41, 5.74) is 2.26. The summed E-state index contributed by atoms with van der Waals surface area (Å²) in [6, 6.07) is 14.0. The first-order valence-corrected chi connectivity index (χ1v) is 7.74. The van der Waals surface area contributed by atoms with Gasteiger partial charge in [-0.05, 0) is 43.8 Å². The monoisotopic (exact) mass is 349 g/mol. The Morgan fingerprint density at radius 2 is 1.71 bits per heavy atom. The van der Waals surface area contributed by atoms with E-state index in [1.165, 1.54) is 0 Å². The Morgan fingerprint density at radius 1 is 1.00 bits per heavy atom. The van der Waals surface area contributed by atoms with Crippen LogP contribution < -0.4 is 14.8 Å². The van der Waals surface area contributed by atoms with Crippen molar-refractivity contribution in [2.24, 2.45) is 0 Å². The molecular weight excluding hydrogens is 330 g/mol. The van der Waals surface area contributed by atoms with Gasteiger partial charge in [0.05, 0.1) is 0 Å². The summed E-state index contributed by atoms with van der Waals surface area (Å²) in [5.74, 6) is 1.80. The SMILES string of the molecule is CNCc1ccccc1OCCOc1ccc(Br)cc1C. The maximum atomic E-state index is 5.80. The molecule has 1 N–H and O–H groups in total. The van der Waals surface area contributed by atoms with Crippen LogP contribution in [0.2, 0.25) is 0 Å². The summed E-state index contributed by atoms with van der Waals surface area (Å²) < 4.78 is 12.6. The first kappa shape index (κ1) is 15.9. The summed E-state index contributed by atoms with van der Waals surface area (Å²) in [5, 5.41) is 3.14. The maximum absolute atomic E-state index is 5.80. The number of benzene rings is 2. The average Bonchev–Trinajstić information content (AvgIpc) is 2.47. The highest BCUT2D eigenvalue weighted by atomic mass is 79.9. The van der Waals surface area contributed by atoms with E-state index in [-0.39, 0.29) is 0 Å². The minimum absolute atomic E-state index is 0.524. The smallest absolute Gasteiger partial charge is 0.123 e. The van der Waals surface area contributed by atoms with Gasteiger partial charge in [0.15, 0.2) is 0 Å². The van der Waals surface area contributed by atoms with Crippen molar-refractivity contribution >= 4 is 15.9 Å². The van der Waals surface area contributed by atoms with E-state index >= 15 is 0 Å². The zero-order valence-electron chi connectivity index (χ0n) is 12.4. The number of halogens is 1. The van der Waals surface area contributed by atoms with E-state index in [1.54, 1.807) is 0 Å². The largest absolute Gasteiger partial charge is 0.490 e. The molecule has 21 heavy (non-hydrogen) atoms. The molecule has 0 spiro atoms. The van der Waals surface area contributed by atoms with Crippen LogP contribution in [0.15, 0.2) is 46.9 Å². The van der Waals surface area contributed by atoms with Gasteiger partial charge in [-0.1, -0.05) is 34.1 Å². The highest BCUT2D eigenvalue weighted by molar-refractivity contribution is 9.10. The van der Waals surface area contributed by atoms with Gasteiger partial charge in [-0.25, -0.2) is 0 Å². The molecule has 0 aliphatic carbocycles. The highest BCUT2D eigenvalue weighted by Crippen LogP contribution is 2.22. The van der Waals surface area contributed by atoms with Crippen LogP contribution in [0.4, 0.5) is 0 Å². The van der Waals surface area contributed by atoms with Crippen LogP contribution in [0.1, 0.15) is 11.1 Å². The van der Waals surface area contributed by atoms with Gasteiger partial charge < -0.3 is 14.8 Å². The second-order valence-electron chi connectivity index (χ2n) is 4.74. The molecule has 0 bridgehead atoms. The number of hydrogen-bond donors (Lipinski definition) is 1. The van der Waals surface area contributed by atoms with Gasteiger partial charge in [0.1, 0.15) is 24.7 Å². The number of ether oxygens (including phenoxy) is 2. The second-order valence-corrected chi connectivity index (χ2v) is 5.66. The van der Waals surface area contributed by atoms with Crippen LogP contribution in [0.5, 0.6) is 11.5 Å². The topological polar surface area (TPSA) is 30.5 Å². The van der Waals surface area contributed by atoms with Gasteiger partial charge in [-0.15, -0.1) is 0 Å². The Kier molecular flexibility index (Phi) is 6.08. The van der Waals surface area contributed by atoms with E-state index in [0.717, 1.165) is 33.6 Å². The summed E-state index contributed by atoms with van der Waals surface area (Å²) in [7, 11) is 1.93. The summed E-state index contributed by atoms with van der Waals surface area (Å²) in [6.07, 6.45) is 0. The standard InChI is InChI=1S/C17H20BrNO2/c1-13-11-15(18)7-8-16(13)20-9-10-21-17-6-4-3-5-14(17)12-19-2/h3-8,11,19H,9-10,12H2,1-2H3. The summed E-state index contributed by atoms with van der Waals surface area (Å²) in [6.45, 7) is 3.87. The zero-order valence-corrected chi connectivity index (χ0v) is 13.9. The number of rotatable bonds is 7. The summed E-state index contributed by atoms with van der Waals surface area (Å²) >= 11 is 3.45. The molecule has 0 amide bonds. The Morgan fingerprint density at radius 3 is 2.43 bits per heavy atom. The lowest BCUT2D eigenvalue weighted by molar-refractivity contribution is 0.215. The predicted octanol–water partition coefficient (Wildman–Crippen LogP) is 3.93. The molecule has 0 aliphatic heterocycles. The highest BCUT2D eigenvalue weighted by Gasteiger charge is 2.03. The van der Waals surface area contributed by atoms with Crippen LogP contribution in [-0.4, -0.2) is 20.3 Å². The van der Waals surface area contributed by atoms with Gasteiger partial charge in [-0.2, -0.15) is 0 Å². The van der Waals surface area contributed by atoms with Gasteiger partial charge in [-0.3, -0.25) is 0 Å². The first-order chi connectivity index (χ1) is 10.2. The molecule has 112 valence electrons. The Bertz CT molecular complexity index is 587. The minimum atomic E-state index is 0.524. The van der Waals surface area contributed by atoms with Crippen LogP contribution in [-0.2, 0) is 6.54 Å². The normalized spacial score (nSPS) is 10.4. The van der Waals surface area contributed by atoms with Crippen molar-refractivity contribution < 1.29 is 9.47 Å². The second kappa shape index (κ2) is 8.05. The van der Waals surface area contributed by atoms with Gasteiger partial charge in [0.25, 0.3) is 0 Å². The third kappa shape index (κ3) is 4.76. The van der Waals surface area contributed by atoms with Gasteiger partial charge in [0.2, 0.25) is 0 Å². The first-order valence-electron chi connectivity index (χ1n) is 6.95. The molecule has 4 heteroatoms. The zero-order chi connectivity index (χ0) is 15.1. The van der Waals surface area contributed by atoms with E-state index in [2.05, 4.69) is 27.3 Å². The molecule has 2 rings (SSSR count). The van der Waals surface area contributed by atoms with Crippen molar-refractivity contribution in [1.29, 1.82) is 0 Å². The molecule has 0 unspecified atom stereocenters. The number of aryl methyl sites for hydroxylation is 1. The fourth-order valence-corrected chi connectivity index (χ4v) is 2.53. The van der Waals surface area contributed by atoms with E-state index in [1.807, 2.05) is 50.4 Å². The number of nitrogens with one attached hydrogen (secondary N) is 1. The Balaban J connectivity index is 1.84. The Labute approximate surface area is 134 Å². The lowest BCUT2D eigenvalue weighted by atomic mass is 10.2. The van der Waals surface area contributed by atoms with Crippen LogP contribution >= 0.6 is 15.9 Å². The molecule has 3 nitrogen and oxygen atoms in total. The van der Waals surface area contributed by atoms with Crippen LogP contribution in [0.25, 0.3) is 0 Å². The molecule has 0 fully saturated rings. The van der Waals surface area contributed by atoms with Crippen LogP contribution in [0.3, 0.4) is 0 Å². The fourth-order valence-electron chi connectivity index (χ4n) is 2.06. The summed E-state index contributed by atoms with van der Waals surface area (Å²) in [4.78, 5) is 0. The molecule has 0 aliphatic rings. The average molecular weight is 350 g/mol. The van der Waals surface area contributed by atoms with Crippen molar-refractivity contribution in [2.75, 3.05) is 20.3 Å². The molecule has 0 saturated heterocycles. The van der Waals surface area contributed by atoms with Gasteiger partial charge >= 0.3 is 0 Å². The molecule has 2 aromatic rings. The van der Waals surface area contributed by atoms with E-state index < -0.39 is 0 Å². The molecule has 0 radical (unpaired) electrons. The lowest BCUT2D eigenvalue weighted by Gasteiger charge is -2.13. The van der Waals surface area contributed by atoms with Crippen molar-refractivity contribution in [1.82, 2.24) is 5.32 Å². The van der Waals surface area contributed by atoms with E-state index in [0.29, 0.717) is 13.2 Å². The molecule has 0 heterocycles. The van der Waals surface area contributed by atoms with Crippen molar-refractivity contribution in [3.05, 3.63) is 58.1 Å². The van der Waals surface area contributed by atoms with Crippen molar-refractivity contribution in [3.8, 4) is 11.5 Å². The van der Waals surface area contributed by atoms with Crippen molar-refractivity contribution in [2.45, 2.75) is 13.5 Å². The molecule has 2 aromatic carbocycles. The predicted molar refractivity (Wildman–Crippen MR) is 89.1 cm³/mol. The van der Waals surface area contributed by atoms with Gasteiger partial charge in [0, 0.05) is 16.6 Å². The lowest BCUT2D eigenvalue weighted by Crippen LogP contribution is -2.12. The number of para-hydroxylation sites is 1. The molecular formula is C17H20BrNO2. The van der Waals surface area contributed by atoms with Crippen LogP contribution in [0, 0.1) is 6.92 Å². The number of hydrogen-bond acceptors (Lipinski definition) is 3. The van der Waals surface area contributed by atoms with E-state index in [9.17, 15) is 0 Å². The fraction of sp³-hybridized carbons (Fsp3) is 0.294. The van der Waals surface area contributed by atoms with Crippen molar-refractivity contribution in [3.63, 3.8) is 0 Å². The molecule has 0 atom stereocenters. The third-order valence-electron chi connectivity index (χ3n) is 3.08.